The molecule has 2 rings (SSSR count). The maximum Gasteiger partial charge on any atom is 0.348 e. The maximum atomic E-state index is 11.7. The van der Waals surface area contributed by atoms with Gasteiger partial charge in [0.2, 0.25) is 5.91 Å². The van der Waals surface area contributed by atoms with Gasteiger partial charge in [0.1, 0.15) is 0 Å². The first kappa shape index (κ1) is 13.9. The van der Waals surface area contributed by atoms with E-state index in [2.05, 4.69) is 10.2 Å². The van der Waals surface area contributed by atoms with Crippen LogP contribution in [-0.4, -0.2) is 37.5 Å². The van der Waals surface area contributed by atoms with Gasteiger partial charge in [-0.3, -0.25) is 9.59 Å². The number of nitrogens with zero attached hydrogens (tertiary/aromatic N) is 2. The van der Waals surface area contributed by atoms with Crippen molar-refractivity contribution in [1.82, 2.24) is 14.8 Å². The third-order valence-electron chi connectivity index (χ3n) is 2.36. The van der Waals surface area contributed by atoms with E-state index < -0.39 is 17.6 Å². The van der Waals surface area contributed by atoms with Crippen molar-refractivity contribution in [3.63, 3.8) is 0 Å². The van der Waals surface area contributed by atoms with Crippen molar-refractivity contribution in [2.24, 2.45) is 5.73 Å². The van der Waals surface area contributed by atoms with Gasteiger partial charge in [0.25, 0.3) is 0 Å². The Morgan fingerprint density at radius 3 is 2.85 bits per heavy atom. The smallest absolute Gasteiger partial charge is 0.348 e. The third kappa shape index (κ3) is 2.88. The van der Waals surface area contributed by atoms with E-state index in [1.807, 2.05) is 0 Å². The van der Waals surface area contributed by atoms with Crippen LogP contribution in [0.25, 0.3) is 5.69 Å². The highest BCUT2D eigenvalue weighted by Gasteiger charge is 2.13. The Hall–Kier alpha value is -2.55. The Morgan fingerprint density at radius 2 is 2.20 bits per heavy atom. The van der Waals surface area contributed by atoms with E-state index in [0.717, 1.165) is 11.8 Å². The molecule has 0 atom stereocenters. The second kappa shape index (κ2) is 5.61. The van der Waals surface area contributed by atoms with E-state index in [9.17, 15) is 14.4 Å². The van der Waals surface area contributed by atoms with E-state index in [1.165, 1.54) is 16.7 Å². The first-order valence-electron chi connectivity index (χ1n) is 5.41. The fourth-order valence-electron chi connectivity index (χ4n) is 1.53. The summed E-state index contributed by atoms with van der Waals surface area (Å²) < 4.78 is 1.18. The van der Waals surface area contributed by atoms with Gasteiger partial charge in [-0.15, -0.1) is 5.10 Å². The van der Waals surface area contributed by atoms with Crippen LogP contribution >= 0.6 is 11.8 Å². The number of benzene rings is 1. The number of carbonyl (C=O) groups excluding carboxylic acids is 1. The predicted octanol–water partition coefficient (Wildman–Crippen LogP) is -0.164. The van der Waals surface area contributed by atoms with Crippen LogP contribution in [0.3, 0.4) is 0 Å². The standard InChI is InChI=1S/C11H10N4O4S/c12-9(18)6-2-1-3-7(4-6)15-10(19)13-14-11(15)20-5-8(16)17/h1-4H,5H2,(H2,12,18)(H,13,19)(H,16,17). The van der Waals surface area contributed by atoms with E-state index >= 15 is 0 Å². The van der Waals surface area contributed by atoms with Crippen molar-refractivity contribution in [2.75, 3.05) is 5.75 Å². The second-order valence-corrected chi connectivity index (χ2v) is 4.69. The lowest BCUT2D eigenvalue weighted by Gasteiger charge is -2.05. The summed E-state index contributed by atoms with van der Waals surface area (Å²) in [5.74, 6) is -1.88. The van der Waals surface area contributed by atoms with E-state index in [4.69, 9.17) is 10.8 Å². The zero-order chi connectivity index (χ0) is 14.7. The molecule has 0 fully saturated rings. The molecule has 1 heterocycles. The largest absolute Gasteiger partial charge is 0.481 e. The van der Waals surface area contributed by atoms with Crippen LogP contribution in [0, 0.1) is 0 Å². The Balaban J connectivity index is 2.44. The van der Waals surface area contributed by atoms with E-state index in [-0.39, 0.29) is 16.5 Å². The molecule has 1 amide bonds. The SMILES string of the molecule is NC(=O)c1cccc(-n2c(SCC(=O)O)n[nH]c2=O)c1. The van der Waals surface area contributed by atoms with Gasteiger partial charge in [-0.2, -0.15) is 0 Å². The number of hydrogen-bond acceptors (Lipinski definition) is 5. The number of carbonyl (C=O) groups is 2. The fraction of sp³-hybridized carbons (Fsp3) is 0.0909. The molecule has 9 heteroatoms. The molecule has 0 saturated heterocycles. The summed E-state index contributed by atoms with van der Waals surface area (Å²) in [6.07, 6.45) is 0. The van der Waals surface area contributed by atoms with Gasteiger partial charge in [0.15, 0.2) is 5.16 Å². The lowest BCUT2D eigenvalue weighted by molar-refractivity contribution is -0.133. The monoisotopic (exact) mass is 294 g/mol. The Morgan fingerprint density at radius 1 is 1.45 bits per heavy atom. The Bertz CT molecular complexity index is 721. The molecule has 0 bridgehead atoms. The van der Waals surface area contributed by atoms with Crippen molar-refractivity contribution in [2.45, 2.75) is 5.16 Å². The molecule has 8 nitrogen and oxygen atoms in total. The molecule has 0 unspecified atom stereocenters. The predicted molar refractivity (Wildman–Crippen MR) is 71.1 cm³/mol. The summed E-state index contributed by atoms with van der Waals surface area (Å²) in [6.45, 7) is 0. The van der Waals surface area contributed by atoms with Crippen molar-refractivity contribution in [3.05, 3.63) is 40.3 Å². The summed E-state index contributed by atoms with van der Waals surface area (Å²) in [7, 11) is 0. The third-order valence-corrected chi connectivity index (χ3v) is 3.28. The van der Waals surface area contributed by atoms with Crippen LogP contribution in [0.15, 0.2) is 34.2 Å². The number of nitrogens with one attached hydrogen (secondary N) is 1. The van der Waals surface area contributed by atoms with Crippen LogP contribution in [-0.2, 0) is 4.79 Å². The zero-order valence-electron chi connectivity index (χ0n) is 10.1. The summed E-state index contributed by atoms with van der Waals surface area (Å²) in [5, 5.41) is 14.8. The van der Waals surface area contributed by atoms with Crippen LogP contribution in [0.2, 0.25) is 0 Å². The van der Waals surface area contributed by atoms with Gasteiger partial charge in [0, 0.05) is 5.56 Å². The number of carboxylic acids is 1. The fourth-order valence-corrected chi connectivity index (χ4v) is 2.21. The molecule has 2 aromatic rings. The number of aliphatic carboxylic acids is 1. The topological polar surface area (TPSA) is 131 Å². The molecule has 20 heavy (non-hydrogen) atoms. The van der Waals surface area contributed by atoms with Crippen molar-refractivity contribution in [3.8, 4) is 5.69 Å². The number of primary amides is 1. The molecule has 0 aliphatic rings. The lowest BCUT2D eigenvalue weighted by atomic mass is 10.2. The maximum absolute atomic E-state index is 11.7. The molecular weight excluding hydrogens is 284 g/mol. The summed E-state index contributed by atoms with van der Waals surface area (Å²) >= 11 is 0.890. The number of aromatic nitrogens is 3. The highest BCUT2D eigenvalue weighted by molar-refractivity contribution is 7.99. The van der Waals surface area contributed by atoms with Gasteiger partial charge in [-0.25, -0.2) is 14.5 Å². The number of thioether (sulfide) groups is 1. The van der Waals surface area contributed by atoms with Gasteiger partial charge in [0.05, 0.1) is 11.4 Å². The minimum Gasteiger partial charge on any atom is -0.481 e. The molecule has 0 saturated carbocycles. The molecular formula is C11H10N4O4S. The average molecular weight is 294 g/mol. The molecule has 0 radical (unpaired) electrons. The summed E-state index contributed by atoms with van der Waals surface area (Å²) in [5.41, 5.74) is 5.27. The number of H-pyrrole nitrogens is 1. The first-order chi connectivity index (χ1) is 9.49. The molecule has 4 N–H and O–H groups in total. The van der Waals surface area contributed by atoms with Crippen LogP contribution in [0.5, 0.6) is 0 Å². The minimum absolute atomic E-state index is 0.194. The van der Waals surface area contributed by atoms with E-state index in [1.54, 1.807) is 12.1 Å². The second-order valence-electron chi connectivity index (χ2n) is 3.74. The number of carboxylic acid groups (broad SMARTS) is 1. The lowest BCUT2D eigenvalue weighted by Crippen LogP contribution is -2.17. The molecule has 0 aliphatic heterocycles. The van der Waals surface area contributed by atoms with Crippen molar-refractivity contribution >= 4 is 23.6 Å². The van der Waals surface area contributed by atoms with Gasteiger partial charge in [-0.1, -0.05) is 17.8 Å². The number of aromatic amines is 1. The first-order valence-corrected chi connectivity index (χ1v) is 6.40. The minimum atomic E-state index is -1.03. The summed E-state index contributed by atoms with van der Waals surface area (Å²) in [6, 6.07) is 6.11. The Labute approximate surface area is 116 Å². The quantitative estimate of drug-likeness (QED) is 0.656. The molecule has 0 aliphatic carbocycles. The van der Waals surface area contributed by atoms with Gasteiger partial charge >= 0.3 is 11.7 Å². The molecule has 0 spiro atoms. The number of rotatable bonds is 5. The van der Waals surface area contributed by atoms with Gasteiger partial charge < -0.3 is 10.8 Å². The van der Waals surface area contributed by atoms with Crippen LogP contribution in [0.4, 0.5) is 0 Å². The molecule has 104 valence electrons. The van der Waals surface area contributed by atoms with Crippen LogP contribution < -0.4 is 11.4 Å². The van der Waals surface area contributed by atoms with Crippen LogP contribution in [0.1, 0.15) is 10.4 Å². The number of amides is 1. The van der Waals surface area contributed by atoms with Gasteiger partial charge in [-0.05, 0) is 18.2 Å². The normalized spacial score (nSPS) is 10.4. The highest BCUT2D eigenvalue weighted by atomic mass is 32.2. The zero-order valence-corrected chi connectivity index (χ0v) is 10.9. The molecule has 1 aromatic carbocycles. The highest BCUT2D eigenvalue weighted by Crippen LogP contribution is 2.18. The average Bonchev–Trinajstić information content (AvgIpc) is 2.77. The Kier molecular flexibility index (Phi) is 3.89. The molecule has 1 aromatic heterocycles. The number of nitrogens with two attached hydrogens (primary N) is 1. The van der Waals surface area contributed by atoms with Crippen molar-refractivity contribution < 1.29 is 14.7 Å². The van der Waals surface area contributed by atoms with Crippen molar-refractivity contribution in [1.29, 1.82) is 0 Å². The summed E-state index contributed by atoms with van der Waals surface area (Å²) in [4.78, 5) is 33.4. The number of hydrogen-bond donors (Lipinski definition) is 3. The van der Waals surface area contributed by atoms with E-state index in [0.29, 0.717) is 5.69 Å².